The van der Waals surface area contributed by atoms with Crippen LogP contribution in [0.2, 0.25) is 0 Å². The van der Waals surface area contributed by atoms with Crippen molar-refractivity contribution >= 4 is 35.2 Å². The Morgan fingerprint density at radius 1 is 1.22 bits per heavy atom. The van der Waals surface area contributed by atoms with E-state index in [2.05, 4.69) is 20.9 Å². The highest BCUT2D eigenvalue weighted by atomic mass is 32.2. The minimum Gasteiger partial charge on any atom is -0.423 e. The van der Waals surface area contributed by atoms with Gasteiger partial charge < -0.3 is 20.7 Å². The van der Waals surface area contributed by atoms with Gasteiger partial charge in [-0.1, -0.05) is 30.0 Å². The standard InChI is InChI=1S/C18H24BN5O2S/c20-18(21)27-13-15-10-16(19(25)26)3-4-17(15)24-8-6-23(7-9-24)12-14-2-1-5-22-11-14/h1-5,10-11,25-26H,6-9,12-13H2,(H3,20,21). The summed E-state index contributed by atoms with van der Waals surface area (Å²) in [5, 5.41) is 26.4. The molecule has 0 bridgehead atoms. The number of nitrogens with two attached hydrogens (primary N) is 1. The van der Waals surface area contributed by atoms with E-state index in [1.165, 1.54) is 17.3 Å². The van der Waals surface area contributed by atoms with Gasteiger partial charge in [-0.3, -0.25) is 15.3 Å². The van der Waals surface area contributed by atoms with E-state index >= 15 is 0 Å². The summed E-state index contributed by atoms with van der Waals surface area (Å²) in [6.07, 6.45) is 3.69. The number of nitrogens with one attached hydrogen (secondary N) is 1. The van der Waals surface area contributed by atoms with Gasteiger partial charge in [-0.15, -0.1) is 0 Å². The van der Waals surface area contributed by atoms with E-state index in [1.54, 1.807) is 18.3 Å². The molecule has 1 aromatic carbocycles. The van der Waals surface area contributed by atoms with Crippen LogP contribution in [0.3, 0.4) is 0 Å². The van der Waals surface area contributed by atoms with Crippen LogP contribution in [0.5, 0.6) is 0 Å². The summed E-state index contributed by atoms with van der Waals surface area (Å²) in [6.45, 7) is 4.56. The monoisotopic (exact) mass is 385 g/mol. The molecule has 0 saturated carbocycles. The fourth-order valence-corrected chi connectivity index (χ4v) is 3.78. The van der Waals surface area contributed by atoms with Gasteiger partial charge in [-0.25, -0.2) is 0 Å². The molecule has 1 saturated heterocycles. The number of rotatable bonds is 6. The highest BCUT2D eigenvalue weighted by Gasteiger charge is 2.21. The van der Waals surface area contributed by atoms with Crippen molar-refractivity contribution in [3.63, 3.8) is 0 Å². The van der Waals surface area contributed by atoms with Gasteiger partial charge in [-0.2, -0.15) is 0 Å². The third-order valence-corrected chi connectivity index (χ3v) is 5.39. The van der Waals surface area contributed by atoms with Gasteiger partial charge in [0.15, 0.2) is 5.17 Å². The number of aromatic nitrogens is 1. The number of anilines is 1. The molecule has 9 heteroatoms. The van der Waals surface area contributed by atoms with Crippen LogP contribution in [0.15, 0.2) is 42.7 Å². The van der Waals surface area contributed by atoms with Crippen molar-refractivity contribution in [2.24, 2.45) is 5.73 Å². The number of benzene rings is 1. The summed E-state index contributed by atoms with van der Waals surface area (Å²) in [4.78, 5) is 8.89. The van der Waals surface area contributed by atoms with Crippen molar-refractivity contribution in [3.8, 4) is 0 Å². The molecule has 142 valence electrons. The number of pyridine rings is 1. The van der Waals surface area contributed by atoms with Gasteiger partial charge in [0.1, 0.15) is 0 Å². The van der Waals surface area contributed by atoms with Crippen molar-refractivity contribution in [1.29, 1.82) is 5.41 Å². The molecule has 0 amide bonds. The third kappa shape index (κ3) is 5.46. The molecule has 1 aliphatic heterocycles. The number of thioether (sulfide) groups is 1. The molecule has 2 heterocycles. The van der Waals surface area contributed by atoms with Gasteiger partial charge in [0, 0.05) is 56.6 Å². The summed E-state index contributed by atoms with van der Waals surface area (Å²) in [6, 6.07) is 9.51. The van der Waals surface area contributed by atoms with Crippen LogP contribution in [-0.2, 0) is 12.3 Å². The Kier molecular flexibility index (Phi) is 6.73. The molecule has 2 aromatic rings. The zero-order valence-corrected chi connectivity index (χ0v) is 15.9. The smallest absolute Gasteiger partial charge is 0.423 e. The van der Waals surface area contributed by atoms with Gasteiger partial charge in [0.2, 0.25) is 0 Å². The van der Waals surface area contributed by atoms with Crippen molar-refractivity contribution in [1.82, 2.24) is 9.88 Å². The summed E-state index contributed by atoms with van der Waals surface area (Å²) in [5.41, 5.74) is 9.17. The normalized spacial score (nSPS) is 15.0. The quantitative estimate of drug-likeness (QED) is 0.320. The first-order chi connectivity index (χ1) is 13.0. The van der Waals surface area contributed by atoms with E-state index in [9.17, 15) is 10.0 Å². The second kappa shape index (κ2) is 9.23. The predicted octanol–water partition coefficient (Wildman–Crippen LogP) is 0.210. The highest BCUT2D eigenvalue weighted by Crippen LogP contribution is 2.25. The lowest BCUT2D eigenvalue weighted by Gasteiger charge is -2.37. The Bertz CT molecular complexity index is 770. The molecular weight excluding hydrogens is 361 g/mol. The number of nitrogens with zero attached hydrogens (tertiary/aromatic N) is 3. The summed E-state index contributed by atoms with van der Waals surface area (Å²) in [7, 11) is -1.50. The van der Waals surface area contributed by atoms with Crippen molar-refractivity contribution in [2.45, 2.75) is 12.3 Å². The zero-order chi connectivity index (χ0) is 19.2. The molecule has 0 unspecified atom stereocenters. The van der Waals surface area contributed by atoms with Gasteiger partial charge in [0.25, 0.3) is 0 Å². The van der Waals surface area contributed by atoms with E-state index in [0.29, 0.717) is 11.2 Å². The molecular formula is C18H24BN5O2S. The maximum Gasteiger partial charge on any atom is 0.488 e. The number of hydrogen-bond donors (Lipinski definition) is 4. The second-order valence-electron chi connectivity index (χ2n) is 6.54. The molecule has 1 aliphatic rings. The Morgan fingerprint density at radius 3 is 2.63 bits per heavy atom. The third-order valence-electron chi connectivity index (χ3n) is 4.63. The van der Waals surface area contributed by atoms with Crippen LogP contribution >= 0.6 is 11.8 Å². The van der Waals surface area contributed by atoms with Crippen LogP contribution in [-0.4, -0.2) is 58.4 Å². The molecule has 1 aromatic heterocycles. The van der Waals surface area contributed by atoms with Gasteiger partial charge >= 0.3 is 7.12 Å². The Balaban J connectivity index is 1.68. The van der Waals surface area contributed by atoms with E-state index in [1.807, 2.05) is 18.3 Å². The molecule has 5 N–H and O–H groups in total. The number of amidine groups is 1. The average Bonchev–Trinajstić information content (AvgIpc) is 2.67. The predicted molar refractivity (Wildman–Crippen MR) is 111 cm³/mol. The van der Waals surface area contributed by atoms with Crippen LogP contribution < -0.4 is 16.1 Å². The molecule has 0 atom stereocenters. The first-order valence-corrected chi connectivity index (χ1v) is 9.83. The Morgan fingerprint density at radius 2 is 2.00 bits per heavy atom. The zero-order valence-electron chi connectivity index (χ0n) is 15.1. The molecule has 7 nitrogen and oxygen atoms in total. The Labute approximate surface area is 163 Å². The van der Waals surface area contributed by atoms with Crippen LogP contribution in [0.25, 0.3) is 0 Å². The number of piperazine rings is 1. The van der Waals surface area contributed by atoms with Crippen LogP contribution in [0, 0.1) is 5.41 Å². The molecule has 3 rings (SSSR count). The maximum absolute atomic E-state index is 9.46. The summed E-state index contributed by atoms with van der Waals surface area (Å²) >= 11 is 1.24. The summed E-state index contributed by atoms with van der Waals surface area (Å²) < 4.78 is 0. The molecule has 27 heavy (non-hydrogen) atoms. The Hall–Kier alpha value is -2.07. The lowest BCUT2D eigenvalue weighted by Crippen LogP contribution is -2.46. The lowest BCUT2D eigenvalue weighted by atomic mass is 9.79. The van der Waals surface area contributed by atoms with Crippen molar-refractivity contribution in [2.75, 3.05) is 31.1 Å². The van der Waals surface area contributed by atoms with E-state index in [4.69, 9.17) is 11.1 Å². The van der Waals surface area contributed by atoms with Crippen LogP contribution in [0.4, 0.5) is 5.69 Å². The molecule has 1 fully saturated rings. The topological polar surface area (TPSA) is 110 Å². The molecule has 0 radical (unpaired) electrons. The first kappa shape index (κ1) is 19.7. The summed E-state index contributed by atoms with van der Waals surface area (Å²) in [5.74, 6) is 0.529. The van der Waals surface area contributed by atoms with E-state index in [-0.39, 0.29) is 5.17 Å². The maximum atomic E-state index is 9.46. The largest absolute Gasteiger partial charge is 0.488 e. The van der Waals surface area contributed by atoms with E-state index < -0.39 is 7.12 Å². The average molecular weight is 385 g/mol. The highest BCUT2D eigenvalue weighted by molar-refractivity contribution is 8.13. The second-order valence-corrected chi connectivity index (χ2v) is 7.56. The van der Waals surface area contributed by atoms with Crippen LogP contribution in [0.1, 0.15) is 11.1 Å². The SMILES string of the molecule is N=C(N)SCc1cc(B(O)O)ccc1N1CCN(Cc2cccnc2)CC1. The fourth-order valence-electron chi connectivity index (χ4n) is 3.24. The fraction of sp³-hybridized carbons (Fsp3) is 0.333. The van der Waals surface area contributed by atoms with Gasteiger partial charge in [0.05, 0.1) is 0 Å². The molecule has 0 spiro atoms. The van der Waals surface area contributed by atoms with Crippen molar-refractivity contribution in [3.05, 3.63) is 53.9 Å². The van der Waals surface area contributed by atoms with Crippen molar-refractivity contribution < 1.29 is 10.0 Å². The van der Waals surface area contributed by atoms with E-state index in [0.717, 1.165) is 44.0 Å². The first-order valence-electron chi connectivity index (χ1n) is 8.85. The number of hydrogen-bond acceptors (Lipinski definition) is 7. The minimum atomic E-state index is -1.50. The molecule has 0 aliphatic carbocycles. The lowest BCUT2D eigenvalue weighted by molar-refractivity contribution is 0.249. The van der Waals surface area contributed by atoms with Gasteiger partial charge in [-0.05, 0) is 28.7 Å². The minimum absolute atomic E-state index is 0.0530.